The molecule has 4 nitrogen and oxygen atoms in total. The van der Waals surface area contributed by atoms with Gasteiger partial charge in [0.05, 0.1) is 17.6 Å². The number of aliphatic hydroxyl groups excluding tert-OH is 1. The Bertz CT molecular complexity index is 453. The summed E-state index contributed by atoms with van der Waals surface area (Å²) < 4.78 is 5.06. The maximum Gasteiger partial charge on any atom is 0.334 e. The summed E-state index contributed by atoms with van der Waals surface area (Å²) in [5.74, 6) is -0.938. The highest BCUT2D eigenvalue weighted by atomic mass is 16.5. The van der Waals surface area contributed by atoms with Crippen molar-refractivity contribution in [3.63, 3.8) is 0 Å². The fourth-order valence-corrected chi connectivity index (χ4v) is 4.32. The Kier molecular flexibility index (Phi) is 2.64. The van der Waals surface area contributed by atoms with Crippen molar-refractivity contribution in [1.82, 2.24) is 0 Å². The number of carbonyl (C=O) groups excluding carboxylic acids is 1. The van der Waals surface area contributed by atoms with Gasteiger partial charge in [0, 0.05) is 17.4 Å². The average Bonchev–Trinajstić information content (AvgIpc) is 2.75. The van der Waals surface area contributed by atoms with Gasteiger partial charge in [0.2, 0.25) is 0 Å². The molecule has 1 aliphatic heterocycles. The number of rotatable bonds is 0. The van der Waals surface area contributed by atoms with Crippen LogP contribution in [0.5, 0.6) is 0 Å². The lowest BCUT2D eigenvalue weighted by Crippen LogP contribution is -2.45. The Labute approximate surface area is 113 Å². The zero-order chi connectivity index (χ0) is 14.0. The van der Waals surface area contributed by atoms with E-state index < -0.39 is 11.7 Å². The summed E-state index contributed by atoms with van der Waals surface area (Å²) in [4.78, 5) is 11.7. The van der Waals surface area contributed by atoms with Crippen LogP contribution >= 0.6 is 0 Å². The topological polar surface area (TPSA) is 66.8 Å². The van der Waals surface area contributed by atoms with E-state index in [9.17, 15) is 15.0 Å². The Balaban J connectivity index is 2.05. The van der Waals surface area contributed by atoms with E-state index >= 15 is 0 Å². The predicted molar refractivity (Wildman–Crippen MR) is 69.2 cm³/mol. The number of hydrogen-bond acceptors (Lipinski definition) is 4. The Morgan fingerprint density at radius 3 is 2.79 bits per heavy atom. The molecule has 2 N–H and O–H groups in total. The lowest BCUT2D eigenvalue weighted by molar-refractivity contribution is -0.135. The molecule has 0 spiro atoms. The van der Waals surface area contributed by atoms with Gasteiger partial charge in [0.1, 0.15) is 6.61 Å². The second-order valence-corrected chi connectivity index (χ2v) is 7.25. The molecule has 19 heavy (non-hydrogen) atoms. The van der Waals surface area contributed by atoms with Gasteiger partial charge in [-0.1, -0.05) is 26.8 Å². The number of aliphatic hydroxyl groups is 2. The van der Waals surface area contributed by atoms with E-state index in [4.69, 9.17) is 4.74 Å². The van der Waals surface area contributed by atoms with Crippen LogP contribution in [-0.2, 0) is 9.53 Å². The minimum absolute atomic E-state index is 0.0173. The van der Waals surface area contributed by atoms with Crippen molar-refractivity contribution in [3.8, 4) is 0 Å². The van der Waals surface area contributed by atoms with Crippen LogP contribution in [0.25, 0.3) is 0 Å². The number of fused-ring (bicyclic) bond motifs is 2. The van der Waals surface area contributed by atoms with Gasteiger partial charge in [0.15, 0.2) is 0 Å². The minimum atomic E-state index is -0.916. The van der Waals surface area contributed by atoms with Crippen LogP contribution in [0.15, 0.2) is 11.6 Å². The predicted octanol–water partition coefficient (Wildman–Crippen LogP) is 1.26. The molecule has 106 valence electrons. The van der Waals surface area contributed by atoms with Gasteiger partial charge in [0.25, 0.3) is 0 Å². The summed E-state index contributed by atoms with van der Waals surface area (Å²) in [6, 6.07) is 0. The number of hydrogen-bond donors (Lipinski definition) is 2. The normalized spacial score (nSPS) is 48.1. The quantitative estimate of drug-likeness (QED) is 0.648. The second kappa shape index (κ2) is 3.83. The number of esters is 1. The first kappa shape index (κ1) is 13.1. The molecule has 1 heterocycles. The smallest absolute Gasteiger partial charge is 0.334 e. The molecule has 4 heteroatoms. The van der Waals surface area contributed by atoms with Crippen molar-refractivity contribution in [2.75, 3.05) is 6.61 Å². The maximum absolute atomic E-state index is 11.7. The summed E-state index contributed by atoms with van der Waals surface area (Å²) in [6.45, 7) is 6.42. The monoisotopic (exact) mass is 266 g/mol. The Morgan fingerprint density at radius 2 is 2.11 bits per heavy atom. The van der Waals surface area contributed by atoms with Gasteiger partial charge in [-0.2, -0.15) is 0 Å². The van der Waals surface area contributed by atoms with Crippen LogP contribution in [0, 0.1) is 23.2 Å². The van der Waals surface area contributed by atoms with Crippen molar-refractivity contribution in [2.24, 2.45) is 23.2 Å². The van der Waals surface area contributed by atoms with Crippen LogP contribution in [0.2, 0.25) is 0 Å². The van der Waals surface area contributed by atoms with Crippen molar-refractivity contribution in [2.45, 2.75) is 45.3 Å². The highest BCUT2D eigenvalue weighted by molar-refractivity contribution is 5.91. The zero-order valence-electron chi connectivity index (χ0n) is 11.7. The van der Waals surface area contributed by atoms with Gasteiger partial charge in [-0.05, 0) is 18.3 Å². The molecule has 0 aromatic carbocycles. The van der Waals surface area contributed by atoms with Crippen LogP contribution < -0.4 is 0 Å². The fourth-order valence-electron chi connectivity index (χ4n) is 4.32. The molecule has 1 saturated carbocycles. The van der Waals surface area contributed by atoms with E-state index in [1.54, 1.807) is 0 Å². The van der Waals surface area contributed by atoms with Crippen molar-refractivity contribution >= 4 is 5.97 Å². The summed E-state index contributed by atoms with van der Waals surface area (Å²) in [5.41, 5.74) is -0.343. The highest BCUT2D eigenvalue weighted by Gasteiger charge is 2.58. The van der Waals surface area contributed by atoms with Gasteiger partial charge < -0.3 is 14.9 Å². The first-order valence-electron chi connectivity index (χ1n) is 7.04. The van der Waals surface area contributed by atoms with Crippen LogP contribution in [0.1, 0.15) is 33.6 Å². The second-order valence-electron chi connectivity index (χ2n) is 7.25. The maximum atomic E-state index is 11.7. The molecule has 0 bridgehead atoms. The lowest BCUT2D eigenvalue weighted by Gasteiger charge is -2.36. The molecule has 5 atom stereocenters. The van der Waals surface area contributed by atoms with Crippen LogP contribution in [0.4, 0.5) is 0 Å². The van der Waals surface area contributed by atoms with Crippen LogP contribution in [0.3, 0.4) is 0 Å². The van der Waals surface area contributed by atoms with Crippen molar-refractivity contribution in [3.05, 3.63) is 11.6 Å². The van der Waals surface area contributed by atoms with Gasteiger partial charge in [-0.25, -0.2) is 4.79 Å². The molecule has 3 aliphatic rings. The van der Waals surface area contributed by atoms with E-state index in [2.05, 4.69) is 13.8 Å². The summed E-state index contributed by atoms with van der Waals surface area (Å²) in [7, 11) is 0. The largest absolute Gasteiger partial charge is 0.462 e. The highest BCUT2D eigenvalue weighted by Crippen LogP contribution is 2.55. The van der Waals surface area contributed by atoms with Crippen LogP contribution in [-0.4, -0.2) is 34.5 Å². The lowest BCUT2D eigenvalue weighted by atomic mass is 9.77. The third-order valence-electron chi connectivity index (χ3n) is 5.25. The van der Waals surface area contributed by atoms with Gasteiger partial charge in [-0.15, -0.1) is 0 Å². The molecule has 2 aliphatic carbocycles. The molecule has 1 saturated heterocycles. The summed E-state index contributed by atoms with van der Waals surface area (Å²) in [6.07, 6.45) is 2.56. The summed E-state index contributed by atoms with van der Waals surface area (Å²) in [5, 5.41) is 21.7. The van der Waals surface area contributed by atoms with E-state index in [0.717, 1.165) is 6.42 Å². The molecule has 0 amide bonds. The third-order valence-corrected chi connectivity index (χ3v) is 5.25. The number of carbonyl (C=O) groups is 1. The first-order chi connectivity index (χ1) is 8.74. The molecule has 0 aromatic heterocycles. The van der Waals surface area contributed by atoms with Crippen molar-refractivity contribution < 1.29 is 19.7 Å². The number of cyclic esters (lactones) is 1. The molecular formula is C15H22O4. The first-order valence-corrected chi connectivity index (χ1v) is 7.04. The molecule has 0 aromatic rings. The third kappa shape index (κ3) is 1.77. The molecule has 3 rings (SSSR count). The minimum Gasteiger partial charge on any atom is -0.462 e. The Morgan fingerprint density at radius 1 is 1.42 bits per heavy atom. The molecule has 0 radical (unpaired) electrons. The van der Waals surface area contributed by atoms with Gasteiger partial charge in [-0.3, -0.25) is 0 Å². The Hall–Kier alpha value is -0.870. The van der Waals surface area contributed by atoms with E-state index in [1.807, 2.05) is 13.0 Å². The summed E-state index contributed by atoms with van der Waals surface area (Å²) >= 11 is 0. The number of ether oxygens (including phenoxy) is 1. The SMILES string of the molecule is C[C@H]1C=C2C(=O)OC[C@@H]2[C@@H](O)C2CC(C)(C)C[C@@]21O. The van der Waals surface area contributed by atoms with Gasteiger partial charge >= 0.3 is 5.97 Å². The van der Waals surface area contributed by atoms with Crippen molar-refractivity contribution in [1.29, 1.82) is 0 Å². The molecule has 2 fully saturated rings. The average molecular weight is 266 g/mol. The molecule has 1 unspecified atom stereocenters. The molecular weight excluding hydrogens is 244 g/mol. The standard InChI is InChI=1S/C15H22O4/c1-8-4-9-10(6-19-13(9)17)12(16)11-5-14(2,3)7-15(8,11)18/h4,8,10-12,16,18H,5-7H2,1-3H3/t8-,10-,11?,12+,15-/m0/s1. The van der Waals surface area contributed by atoms with E-state index in [0.29, 0.717) is 12.0 Å². The van der Waals surface area contributed by atoms with E-state index in [-0.39, 0.29) is 35.7 Å². The zero-order valence-corrected chi connectivity index (χ0v) is 11.7. The fraction of sp³-hybridized carbons (Fsp3) is 0.800. The van der Waals surface area contributed by atoms with E-state index in [1.165, 1.54) is 0 Å².